The molecule has 0 saturated heterocycles. The van der Waals surface area contributed by atoms with Gasteiger partial charge in [-0.25, -0.2) is 4.98 Å². The number of nitrogens with zero attached hydrogens (tertiary/aromatic N) is 2. The molecule has 2 rings (SSSR count). The van der Waals surface area contributed by atoms with Gasteiger partial charge in [0.05, 0.1) is 5.69 Å². The van der Waals surface area contributed by atoms with E-state index >= 15 is 0 Å². The van der Waals surface area contributed by atoms with Crippen LogP contribution in [0.3, 0.4) is 0 Å². The predicted octanol–water partition coefficient (Wildman–Crippen LogP) is 2.49. The van der Waals surface area contributed by atoms with Crippen molar-refractivity contribution in [1.82, 2.24) is 9.55 Å². The summed E-state index contributed by atoms with van der Waals surface area (Å²) in [6.07, 6.45) is 3.50. The second-order valence-electron chi connectivity index (χ2n) is 4.39. The van der Waals surface area contributed by atoms with Gasteiger partial charge >= 0.3 is 0 Å². The van der Waals surface area contributed by atoms with Crippen LogP contribution in [0.2, 0.25) is 0 Å². The molecule has 0 amide bonds. The van der Waals surface area contributed by atoms with Gasteiger partial charge in [-0.05, 0) is 33.1 Å². The molecule has 0 spiro atoms. The van der Waals surface area contributed by atoms with E-state index in [4.69, 9.17) is 5.73 Å². The Kier molecular flexibility index (Phi) is 2.25. The van der Waals surface area contributed by atoms with Crippen LogP contribution in [0.1, 0.15) is 57.1 Å². The van der Waals surface area contributed by atoms with Crippen molar-refractivity contribution >= 4 is 5.82 Å². The molecule has 3 heteroatoms. The molecule has 0 aliphatic heterocycles. The molecule has 0 unspecified atom stereocenters. The molecule has 2 N–H and O–H groups in total. The zero-order valence-corrected chi connectivity index (χ0v) is 9.25. The Labute approximate surface area is 85.3 Å². The maximum absolute atomic E-state index is 6.08. The first-order valence-corrected chi connectivity index (χ1v) is 5.51. The highest BCUT2D eigenvalue weighted by atomic mass is 15.2. The molecule has 0 aromatic carbocycles. The van der Waals surface area contributed by atoms with Gasteiger partial charge in [-0.3, -0.25) is 0 Å². The summed E-state index contributed by atoms with van der Waals surface area (Å²) in [6.45, 7) is 6.45. The molecule has 78 valence electrons. The summed E-state index contributed by atoms with van der Waals surface area (Å²) >= 11 is 0. The second kappa shape index (κ2) is 3.30. The number of nitrogens with two attached hydrogens (primary N) is 1. The third kappa shape index (κ3) is 1.41. The van der Waals surface area contributed by atoms with Gasteiger partial charge in [0, 0.05) is 12.0 Å². The zero-order valence-electron chi connectivity index (χ0n) is 9.25. The predicted molar refractivity (Wildman–Crippen MR) is 58.4 cm³/mol. The molecule has 0 atom stereocenters. The standard InChI is InChI=1S/C11H19N3/c1-4-9-10(12)14(7(2)3)11(13-9)8-5-6-8/h7-8H,4-6,12H2,1-3H3. The molecule has 1 saturated carbocycles. The molecule has 1 aromatic rings. The lowest BCUT2D eigenvalue weighted by molar-refractivity contribution is 0.576. The van der Waals surface area contributed by atoms with E-state index in [1.807, 2.05) is 0 Å². The van der Waals surface area contributed by atoms with Crippen molar-refractivity contribution < 1.29 is 0 Å². The van der Waals surface area contributed by atoms with E-state index in [0.717, 1.165) is 17.9 Å². The molecule has 3 nitrogen and oxygen atoms in total. The summed E-state index contributed by atoms with van der Waals surface area (Å²) in [4.78, 5) is 4.65. The van der Waals surface area contributed by atoms with Crippen LogP contribution in [0, 0.1) is 0 Å². The van der Waals surface area contributed by atoms with Gasteiger partial charge in [0.1, 0.15) is 11.6 Å². The van der Waals surface area contributed by atoms with Crippen LogP contribution >= 0.6 is 0 Å². The average molecular weight is 193 g/mol. The molecular formula is C11H19N3. The maximum atomic E-state index is 6.08. The van der Waals surface area contributed by atoms with Gasteiger partial charge in [-0.15, -0.1) is 0 Å². The van der Waals surface area contributed by atoms with Crippen molar-refractivity contribution in [2.24, 2.45) is 0 Å². The van der Waals surface area contributed by atoms with Gasteiger partial charge < -0.3 is 10.3 Å². The first-order valence-electron chi connectivity index (χ1n) is 5.51. The van der Waals surface area contributed by atoms with Crippen molar-refractivity contribution in [2.75, 3.05) is 5.73 Å². The van der Waals surface area contributed by atoms with Crippen LogP contribution < -0.4 is 5.73 Å². The van der Waals surface area contributed by atoms with Gasteiger partial charge in [0.25, 0.3) is 0 Å². The van der Waals surface area contributed by atoms with E-state index in [1.54, 1.807) is 0 Å². The lowest BCUT2D eigenvalue weighted by atomic mass is 10.3. The number of anilines is 1. The lowest BCUT2D eigenvalue weighted by Crippen LogP contribution is -2.09. The van der Waals surface area contributed by atoms with Crippen LogP contribution in [0.4, 0.5) is 5.82 Å². The van der Waals surface area contributed by atoms with Crippen molar-refractivity contribution in [3.8, 4) is 0 Å². The highest BCUT2D eigenvalue weighted by Gasteiger charge is 2.30. The minimum atomic E-state index is 0.429. The molecular weight excluding hydrogens is 174 g/mol. The minimum absolute atomic E-state index is 0.429. The number of hydrogen-bond donors (Lipinski definition) is 1. The van der Waals surface area contributed by atoms with E-state index in [-0.39, 0.29) is 0 Å². The van der Waals surface area contributed by atoms with Crippen molar-refractivity contribution in [3.05, 3.63) is 11.5 Å². The molecule has 1 aliphatic rings. The van der Waals surface area contributed by atoms with Gasteiger partial charge in [-0.2, -0.15) is 0 Å². The van der Waals surface area contributed by atoms with Crippen molar-refractivity contribution in [3.63, 3.8) is 0 Å². The summed E-state index contributed by atoms with van der Waals surface area (Å²) in [5.41, 5.74) is 7.15. The third-order valence-electron chi connectivity index (χ3n) is 2.85. The number of hydrogen-bond acceptors (Lipinski definition) is 2. The Morgan fingerprint density at radius 2 is 2.14 bits per heavy atom. The fourth-order valence-electron chi connectivity index (χ4n) is 1.94. The number of nitrogen functional groups attached to an aromatic ring is 1. The van der Waals surface area contributed by atoms with Crippen LogP contribution in [0.15, 0.2) is 0 Å². The van der Waals surface area contributed by atoms with E-state index in [2.05, 4.69) is 30.3 Å². The van der Waals surface area contributed by atoms with Crippen LogP contribution in [-0.4, -0.2) is 9.55 Å². The van der Waals surface area contributed by atoms with Crippen LogP contribution in [-0.2, 0) is 6.42 Å². The Hall–Kier alpha value is -0.990. The molecule has 0 bridgehead atoms. The molecule has 1 heterocycles. The van der Waals surface area contributed by atoms with E-state index in [1.165, 1.54) is 18.7 Å². The molecule has 0 radical (unpaired) electrons. The lowest BCUT2D eigenvalue weighted by Gasteiger charge is -2.13. The summed E-state index contributed by atoms with van der Waals surface area (Å²) in [5.74, 6) is 2.78. The Morgan fingerprint density at radius 3 is 2.57 bits per heavy atom. The van der Waals surface area contributed by atoms with E-state index < -0.39 is 0 Å². The Morgan fingerprint density at radius 1 is 1.50 bits per heavy atom. The highest BCUT2D eigenvalue weighted by molar-refractivity contribution is 5.40. The smallest absolute Gasteiger partial charge is 0.127 e. The molecule has 1 aliphatic carbocycles. The normalized spacial score (nSPS) is 16.6. The second-order valence-corrected chi connectivity index (χ2v) is 4.39. The molecule has 1 aromatic heterocycles. The van der Waals surface area contributed by atoms with Crippen molar-refractivity contribution in [1.29, 1.82) is 0 Å². The Bertz CT molecular complexity index is 335. The summed E-state index contributed by atoms with van der Waals surface area (Å²) < 4.78 is 2.20. The topological polar surface area (TPSA) is 43.8 Å². The number of aromatic nitrogens is 2. The summed E-state index contributed by atoms with van der Waals surface area (Å²) in [6, 6.07) is 0.429. The first-order chi connectivity index (χ1) is 6.65. The quantitative estimate of drug-likeness (QED) is 0.801. The van der Waals surface area contributed by atoms with Crippen LogP contribution in [0.5, 0.6) is 0 Å². The summed E-state index contributed by atoms with van der Waals surface area (Å²) in [7, 11) is 0. The largest absolute Gasteiger partial charge is 0.384 e. The maximum Gasteiger partial charge on any atom is 0.127 e. The number of aryl methyl sites for hydroxylation is 1. The average Bonchev–Trinajstić information content (AvgIpc) is 2.90. The summed E-state index contributed by atoms with van der Waals surface area (Å²) in [5, 5.41) is 0. The first kappa shape index (κ1) is 9.56. The van der Waals surface area contributed by atoms with Gasteiger partial charge in [0.2, 0.25) is 0 Å². The van der Waals surface area contributed by atoms with Gasteiger partial charge in [0.15, 0.2) is 0 Å². The fraction of sp³-hybridized carbons (Fsp3) is 0.727. The SMILES string of the molecule is CCc1nc(C2CC2)n(C(C)C)c1N. The van der Waals surface area contributed by atoms with E-state index in [0.29, 0.717) is 12.0 Å². The number of rotatable bonds is 3. The van der Waals surface area contributed by atoms with Gasteiger partial charge in [-0.1, -0.05) is 6.92 Å². The third-order valence-corrected chi connectivity index (χ3v) is 2.85. The zero-order chi connectivity index (χ0) is 10.3. The van der Waals surface area contributed by atoms with Crippen LogP contribution in [0.25, 0.3) is 0 Å². The highest BCUT2D eigenvalue weighted by Crippen LogP contribution is 2.41. The number of imidazole rings is 1. The van der Waals surface area contributed by atoms with E-state index in [9.17, 15) is 0 Å². The molecule has 14 heavy (non-hydrogen) atoms. The fourth-order valence-corrected chi connectivity index (χ4v) is 1.94. The monoisotopic (exact) mass is 193 g/mol. The van der Waals surface area contributed by atoms with Crippen molar-refractivity contribution in [2.45, 2.75) is 52.0 Å². The Balaban J connectivity index is 2.46. The minimum Gasteiger partial charge on any atom is -0.384 e. The molecule has 1 fully saturated rings.